The molecule has 0 spiro atoms. The van der Waals surface area contributed by atoms with Crippen LogP contribution in [0.3, 0.4) is 0 Å². The lowest BCUT2D eigenvalue weighted by molar-refractivity contribution is 0.620. The van der Waals surface area contributed by atoms with Gasteiger partial charge in [0.05, 0.1) is 5.41 Å². The molecule has 0 radical (unpaired) electrons. The summed E-state index contributed by atoms with van der Waals surface area (Å²) in [4.78, 5) is 9.56. The Labute approximate surface area is 420 Å². The minimum absolute atomic E-state index is 0.603. The highest BCUT2D eigenvalue weighted by molar-refractivity contribution is 5.92. The molecule has 0 saturated carbocycles. The molecule has 4 heteroatoms. The van der Waals surface area contributed by atoms with Gasteiger partial charge >= 0.3 is 0 Å². The van der Waals surface area contributed by atoms with Gasteiger partial charge in [-0.15, -0.1) is 0 Å². The van der Waals surface area contributed by atoms with Crippen LogP contribution in [-0.4, -0.2) is 4.98 Å². The van der Waals surface area contributed by atoms with Crippen molar-refractivity contribution in [3.63, 3.8) is 0 Å². The van der Waals surface area contributed by atoms with Crippen LogP contribution in [0.15, 0.2) is 290 Å². The average Bonchev–Trinajstić information content (AvgIpc) is 4.03. The third-order valence-electron chi connectivity index (χ3n) is 14.2. The van der Waals surface area contributed by atoms with Gasteiger partial charge in [-0.05, 0) is 153 Å². The van der Waals surface area contributed by atoms with Crippen molar-refractivity contribution in [1.29, 1.82) is 0 Å². The van der Waals surface area contributed by atoms with Gasteiger partial charge in [0.15, 0.2) is 5.58 Å². The zero-order chi connectivity index (χ0) is 47.8. The van der Waals surface area contributed by atoms with E-state index in [1.54, 1.807) is 0 Å². The Morgan fingerprint density at radius 2 is 0.639 bits per heavy atom. The summed E-state index contributed by atoms with van der Waals surface area (Å²) >= 11 is 0. The van der Waals surface area contributed by atoms with Gasteiger partial charge in [0.2, 0.25) is 5.89 Å². The molecule has 11 aromatic carbocycles. The van der Waals surface area contributed by atoms with E-state index in [0.717, 1.165) is 50.8 Å². The lowest BCUT2D eigenvalue weighted by Crippen LogP contribution is -2.29. The summed E-state index contributed by atoms with van der Waals surface area (Å²) in [6.07, 6.45) is 0. The van der Waals surface area contributed by atoms with E-state index in [2.05, 4.69) is 271 Å². The van der Waals surface area contributed by atoms with Crippen molar-refractivity contribution in [3.05, 3.63) is 307 Å². The van der Waals surface area contributed by atoms with E-state index in [-0.39, 0.29) is 0 Å². The lowest BCUT2D eigenvalue weighted by atomic mass is 9.67. The third-order valence-corrected chi connectivity index (χ3v) is 14.2. The van der Waals surface area contributed by atoms with Crippen molar-refractivity contribution < 1.29 is 4.42 Å². The number of aromatic nitrogens is 1. The van der Waals surface area contributed by atoms with Crippen LogP contribution in [0, 0.1) is 0 Å². The molecule has 12 aromatic rings. The molecule has 1 aliphatic rings. The fourth-order valence-electron chi connectivity index (χ4n) is 10.8. The SMILES string of the molecule is c1ccc(-c2ccc(N(c3ccc(-c4ccccc4)cc3)c3ccc4c(c3)C(c3ccccc3)(c3ccccc3)c3cc(N(c5ccccc5)c5ccc(-c6nc7ccccc7o6)cc5)ccc3-4)cc2)cc1. The smallest absolute Gasteiger partial charge is 0.227 e. The number of benzene rings is 11. The van der Waals surface area contributed by atoms with Crippen LogP contribution >= 0.6 is 0 Å². The van der Waals surface area contributed by atoms with Gasteiger partial charge in [-0.3, -0.25) is 0 Å². The van der Waals surface area contributed by atoms with Gasteiger partial charge in [-0.2, -0.15) is 0 Å². The van der Waals surface area contributed by atoms with E-state index in [9.17, 15) is 0 Å². The van der Waals surface area contributed by atoms with Crippen molar-refractivity contribution in [2.75, 3.05) is 9.80 Å². The number of fused-ring (bicyclic) bond motifs is 4. The van der Waals surface area contributed by atoms with Gasteiger partial charge in [0.25, 0.3) is 0 Å². The van der Waals surface area contributed by atoms with Crippen LogP contribution in [0.4, 0.5) is 34.1 Å². The van der Waals surface area contributed by atoms with Gasteiger partial charge < -0.3 is 14.2 Å². The summed E-state index contributed by atoms with van der Waals surface area (Å²) in [5.74, 6) is 0.603. The fraction of sp³-hybridized carbons (Fsp3) is 0.0147. The number of nitrogens with zero attached hydrogens (tertiary/aromatic N) is 3. The minimum Gasteiger partial charge on any atom is -0.436 e. The molecule has 0 bridgehead atoms. The lowest BCUT2D eigenvalue weighted by Gasteiger charge is -2.35. The highest BCUT2D eigenvalue weighted by Crippen LogP contribution is 2.58. The second-order valence-electron chi connectivity index (χ2n) is 18.3. The molecular formula is C68H47N3O. The molecule has 13 rings (SSSR count). The topological polar surface area (TPSA) is 32.5 Å². The Kier molecular flexibility index (Phi) is 10.7. The first-order chi connectivity index (χ1) is 35.7. The maximum Gasteiger partial charge on any atom is 0.227 e. The summed E-state index contributed by atoms with van der Waals surface area (Å²) < 4.78 is 6.20. The highest BCUT2D eigenvalue weighted by Gasteiger charge is 2.47. The molecule has 0 amide bonds. The van der Waals surface area contributed by atoms with Crippen LogP contribution in [0.1, 0.15) is 22.3 Å². The predicted octanol–water partition coefficient (Wildman–Crippen LogP) is 18.1. The maximum absolute atomic E-state index is 6.20. The first-order valence-electron chi connectivity index (χ1n) is 24.5. The molecule has 72 heavy (non-hydrogen) atoms. The van der Waals surface area contributed by atoms with E-state index >= 15 is 0 Å². The number of rotatable bonds is 11. The Balaban J connectivity index is 0.988. The largest absolute Gasteiger partial charge is 0.436 e. The second kappa shape index (κ2) is 18.1. The molecule has 340 valence electrons. The second-order valence-corrected chi connectivity index (χ2v) is 18.3. The molecule has 4 nitrogen and oxygen atoms in total. The zero-order valence-electron chi connectivity index (χ0n) is 39.4. The molecule has 1 aliphatic carbocycles. The summed E-state index contributed by atoms with van der Waals surface area (Å²) in [5.41, 5.74) is 20.2. The maximum atomic E-state index is 6.20. The van der Waals surface area contributed by atoms with Crippen molar-refractivity contribution in [2.24, 2.45) is 0 Å². The van der Waals surface area contributed by atoms with Gasteiger partial charge in [-0.25, -0.2) is 4.98 Å². The monoisotopic (exact) mass is 921 g/mol. The molecule has 0 aliphatic heterocycles. The van der Waals surface area contributed by atoms with Crippen LogP contribution in [-0.2, 0) is 5.41 Å². The molecule has 1 heterocycles. The highest BCUT2D eigenvalue weighted by atomic mass is 16.3. The Morgan fingerprint density at radius 3 is 1.08 bits per heavy atom. The number of oxazole rings is 1. The molecule has 0 saturated heterocycles. The van der Waals surface area contributed by atoms with E-state index in [1.165, 1.54) is 55.6 Å². The molecule has 0 atom stereocenters. The molecular weight excluding hydrogens is 875 g/mol. The van der Waals surface area contributed by atoms with Crippen molar-refractivity contribution in [3.8, 4) is 44.8 Å². The first-order valence-corrected chi connectivity index (χ1v) is 24.5. The van der Waals surface area contributed by atoms with Crippen LogP contribution in [0.25, 0.3) is 55.9 Å². The normalized spacial score (nSPS) is 12.3. The Hall–Kier alpha value is -9.51. The minimum atomic E-state index is -0.682. The first kappa shape index (κ1) is 42.6. The Bertz CT molecular complexity index is 3660. The molecule has 1 aromatic heterocycles. The summed E-state index contributed by atoms with van der Waals surface area (Å²) in [5, 5.41) is 0. The van der Waals surface area contributed by atoms with E-state index in [0.29, 0.717) is 5.89 Å². The van der Waals surface area contributed by atoms with Gasteiger partial charge in [-0.1, -0.05) is 188 Å². The summed E-state index contributed by atoms with van der Waals surface area (Å²) in [7, 11) is 0. The summed E-state index contributed by atoms with van der Waals surface area (Å²) in [6.45, 7) is 0. The molecule has 0 N–H and O–H groups in total. The van der Waals surface area contributed by atoms with E-state index in [4.69, 9.17) is 9.40 Å². The quantitative estimate of drug-likeness (QED) is 0.129. The standard InChI is InChI=1S/C68H47N3O/c1-6-18-48(19-7-1)50-30-36-56(37-31-50)71(57-38-32-51(33-39-57)49-20-8-2-9-21-49)60-43-45-62-61-44-42-59(46-63(61)68(64(62)47-60,53-22-10-3-11-23-53)54-24-12-4-13-25-54)70(55-26-14-5-15-27-55)58-40-34-52(35-41-58)67-69-65-28-16-17-29-66(65)72-67/h1-47H. The number of para-hydroxylation sites is 3. The van der Waals surface area contributed by atoms with Gasteiger partial charge in [0, 0.05) is 39.7 Å². The van der Waals surface area contributed by atoms with E-state index < -0.39 is 5.41 Å². The zero-order valence-corrected chi connectivity index (χ0v) is 39.4. The third kappa shape index (κ3) is 7.45. The number of hydrogen-bond donors (Lipinski definition) is 0. The van der Waals surface area contributed by atoms with Gasteiger partial charge in [0.1, 0.15) is 5.52 Å². The Morgan fingerprint density at radius 1 is 0.292 bits per heavy atom. The average molecular weight is 922 g/mol. The summed E-state index contributed by atoms with van der Waals surface area (Å²) in [6, 6.07) is 103. The van der Waals surface area contributed by atoms with Crippen molar-refractivity contribution in [1.82, 2.24) is 4.98 Å². The molecule has 0 fully saturated rings. The number of hydrogen-bond acceptors (Lipinski definition) is 4. The van der Waals surface area contributed by atoms with Crippen molar-refractivity contribution in [2.45, 2.75) is 5.41 Å². The van der Waals surface area contributed by atoms with Crippen LogP contribution in [0.2, 0.25) is 0 Å². The molecule has 0 unspecified atom stereocenters. The van der Waals surface area contributed by atoms with Crippen LogP contribution < -0.4 is 9.80 Å². The number of anilines is 6. The van der Waals surface area contributed by atoms with E-state index in [1.807, 2.05) is 24.3 Å². The fourth-order valence-corrected chi connectivity index (χ4v) is 10.8. The van der Waals surface area contributed by atoms with Crippen LogP contribution in [0.5, 0.6) is 0 Å². The van der Waals surface area contributed by atoms with Crippen molar-refractivity contribution >= 4 is 45.2 Å². The predicted molar refractivity (Wildman–Crippen MR) is 297 cm³/mol.